The number of rotatable bonds is 5. The lowest BCUT2D eigenvalue weighted by molar-refractivity contribution is 0.621. The van der Waals surface area contributed by atoms with E-state index in [2.05, 4.69) is 31.4 Å². The minimum absolute atomic E-state index is 0.146. The van der Waals surface area contributed by atoms with E-state index in [9.17, 15) is 4.39 Å². The highest BCUT2D eigenvalue weighted by molar-refractivity contribution is 9.10. The molecule has 3 N–H and O–H groups in total. The van der Waals surface area contributed by atoms with E-state index in [0.29, 0.717) is 17.8 Å². The minimum atomic E-state index is -0.433. The molecule has 106 valence electrons. The zero-order chi connectivity index (χ0) is 14.7. The predicted octanol–water partition coefficient (Wildman–Crippen LogP) is 2.45. The molecule has 0 aliphatic rings. The monoisotopic (exact) mass is 357 g/mol. The van der Waals surface area contributed by atoms with Crippen LogP contribution < -0.4 is 11.1 Å². The van der Waals surface area contributed by atoms with E-state index in [1.807, 2.05) is 11.5 Å². The first-order valence-electron chi connectivity index (χ1n) is 5.93. The molecule has 2 rings (SSSR count). The van der Waals surface area contributed by atoms with Crippen LogP contribution in [0.3, 0.4) is 0 Å². The summed E-state index contributed by atoms with van der Waals surface area (Å²) in [5, 5.41) is 10.8. The Morgan fingerprint density at radius 2 is 2.30 bits per heavy atom. The van der Waals surface area contributed by atoms with Gasteiger partial charge in [-0.2, -0.15) is 0 Å². The van der Waals surface area contributed by atoms with Crippen LogP contribution in [0.25, 0.3) is 0 Å². The summed E-state index contributed by atoms with van der Waals surface area (Å²) in [6.45, 7) is 3.13. The molecule has 0 saturated carbocycles. The third kappa shape index (κ3) is 2.96. The molecule has 0 atom stereocenters. The van der Waals surface area contributed by atoms with E-state index in [1.165, 1.54) is 0 Å². The Labute approximate surface area is 129 Å². The Morgan fingerprint density at radius 1 is 1.55 bits per heavy atom. The molecule has 8 heteroatoms. The summed E-state index contributed by atoms with van der Waals surface area (Å²) < 4.78 is 16.3. The number of nitrogens with zero attached hydrogens (tertiary/aromatic N) is 3. The second-order valence-corrected chi connectivity index (χ2v) is 5.27. The summed E-state index contributed by atoms with van der Waals surface area (Å²) in [6.07, 6.45) is 1.64. The number of aryl methyl sites for hydroxylation is 1. The topological polar surface area (TPSA) is 68.8 Å². The maximum absolute atomic E-state index is 14.2. The van der Waals surface area contributed by atoms with Gasteiger partial charge in [-0.1, -0.05) is 12.2 Å². The fourth-order valence-corrected chi connectivity index (χ4v) is 2.59. The Kier molecular flexibility index (Phi) is 4.66. The number of aromatic nitrogens is 3. The van der Waals surface area contributed by atoms with Crippen LogP contribution in [0.15, 0.2) is 22.9 Å². The van der Waals surface area contributed by atoms with E-state index < -0.39 is 5.82 Å². The quantitative estimate of drug-likeness (QED) is 0.804. The van der Waals surface area contributed by atoms with Crippen LogP contribution in [0.1, 0.15) is 18.3 Å². The highest BCUT2D eigenvalue weighted by Crippen LogP contribution is 2.27. The molecular formula is C12H13BrFN5S. The highest BCUT2D eigenvalue weighted by atomic mass is 79.9. The average molecular weight is 358 g/mol. The van der Waals surface area contributed by atoms with Gasteiger partial charge in [-0.05, 0) is 35.0 Å². The van der Waals surface area contributed by atoms with E-state index in [1.54, 1.807) is 18.5 Å². The maximum Gasteiger partial charge on any atom is 0.161 e. The van der Waals surface area contributed by atoms with Crippen molar-refractivity contribution in [3.05, 3.63) is 40.1 Å². The van der Waals surface area contributed by atoms with E-state index in [-0.39, 0.29) is 9.46 Å². The van der Waals surface area contributed by atoms with Crippen LogP contribution >= 0.6 is 28.1 Å². The number of halogens is 2. The molecule has 20 heavy (non-hydrogen) atoms. The van der Waals surface area contributed by atoms with Gasteiger partial charge in [0.25, 0.3) is 0 Å². The summed E-state index contributed by atoms with van der Waals surface area (Å²) in [4.78, 5) is 0.146. The molecule has 0 fully saturated rings. The Balaban J connectivity index is 2.19. The van der Waals surface area contributed by atoms with E-state index in [4.69, 9.17) is 18.0 Å². The summed E-state index contributed by atoms with van der Waals surface area (Å²) in [6, 6.07) is 3.27. The molecule has 5 nitrogen and oxygen atoms in total. The van der Waals surface area contributed by atoms with Crippen LogP contribution in [-0.4, -0.2) is 19.8 Å². The Bertz CT molecular complexity index is 643. The second-order valence-electron chi connectivity index (χ2n) is 4.04. The molecule has 0 saturated heterocycles. The SMILES string of the molecule is CCn1cnnc1CNc1ccc(C(N)=S)c(Br)c1F. The van der Waals surface area contributed by atoms with Crippen molar-refractivity contribution < 1.29 is 4.39 Å². The largest absolute Gasteiger partial charge is 0.389 e. The molecule has 0 bridgehead atoms. The molecule has 1 heterocycles. The number of hydrogen-bond donors (Lipinski definition) is 2. The molecule has 2 aromatic rings. The fourth-order valence-electron chi connectivity index (χ4n) is 1.73. The van der Waals surface area contributed by atoms with E-state index in [0.717, 1.165) is 12.4 Å². The molecular weight excluding hydrogens is 345 g/mol. The predicted molar refractivity (Wildman–Crippen MR) is 83.0 cm³/mol. The molecule has 0 aliphatic carbocycles. The van der Waals surface area contributed by atoms with Gasteiger partial charge >= 0.3 is 0 Å². The van der Waals surface area contributed by atoms with Crippen LogP contribution in [-0.2, 0) is 13.1 Å². The van der Waals surface area contributed by atoms with Crippen molar-refractivity contribution in [2.24, 2.45) is 5.73 Å². The van der Waals surface area contributed by atoms with Gasteiger partial charge in [0.05, 0.1) is 16.7 Å². The minimum Gasteiger partial charge on any atom is -0.389 e. The summed E-state index contributed by atoms with van der Waals surface area (Å²) in [5.74, 6) is 0.305. The van der Waals surface area contributed by atoms with Gasteiger partial charge in [-0.25, -0.2) is 4.39 Å². The van der Waals surface area contributed by atoms with Crippen molar-refractivity contribution in [3.8, 4) is 0 Å². The summed E-state index contributed by atoms with van der Waals surface area (Å²) in [7, 11) is 0. The number of hydrogen-bond acceptors (Lipinski definition) is 4. The fraction of sp³-hybridized carbons (Fsp3) is 0.250. The van der Waals surface area contributed by atoms with Gasteiger partial charge in [-0.15, -0.1) is 10.2 Å². The maximum atomic E-state index is 14.2. The van der Waals surface area contributed by atoms with E-state index >= 15 is 0 Å². The van der Waals surface area contributed by atoms with Gasteiger partial charge in [0.2, 0.25) is 0 Å². The van der Waals surface area contributed by atoms with Crippen molar-refractivity contribution in [1.29, 1.82) is 0 Å². The van der Waals surface area contributed by atoms with Gasteiger partial charge in [0.15, 0.2) is 11.6 Å². The zero-order valence-corrected chi connectivity index (χ0v) is 13.1. The van der Waals surface area contributed by atoms with Crippen LogP contribution in [0.2, 0.25) is 0 Å². The van der Waals surface area contributed by atoms with Crippen LogP contribution in [0.5, 0.6) is 0 Å². The third-order valence-electron chi connectivity index (χ3n) is 2.82. The number of thiocarbonyl (C=S) groups is 1. The first-order valence-corrected chi connectivity index (χ1v) is 7.13. The first kappa shape index (κ1) is 14.9. The van der Waals surface area contributed by atoms with Crippen molar-refractivity contribution >= 4 is 38.8 Å². The normalized spacial score (nSPS) is 10.6. The van der Waals surface area contributed by atoms with Crippen LogP contribution in [0, 0.1) is 5.82 Å². The molecule has 0 spiro atoms. The first-order chi connectivity index (χ1) is 9.54. The number of anilines is 1. The standard InChI is InChI=1S/C12H13BrFN5S/c1-2-19-6-17-18-9(19)5-16-8-4-3-7(12(15)20)10(13)11(8)14/h3-4,6,16H,2,5H2,1H3,(H2,15,20). The molecule has 0 amide bonds. The highest BCUT2D eigenvalue weighted by Gasteiger charge is 2.13. The van der Waals surface area contributed by atoms with Gasteiger partial charge in [0, 0.05) is 12.1 Å². The summed E-state index contributed by atoms with van der Waals surface area (Å²) in [5.41, 5.74) is 6.34. The van der Waals surface area contributed by atoms with Crippen molar-refractivity contribution in [2.75, 3.05) is 5.32 Å². The molecule has 0 radical (unpaired) electrons. The zero-order valence-electron chi connectivity index (χ0n) is 10.7. The van der Waals surface area contributed by atoms with Crippen LogP contribution in [0.4, 0.5) is 10.1 Å². The number of benzene rings is 1. The number of nitrogens with one attached hydrogen (secondary N) is 1. The summed E-state index contributed by atoms with van der Waals surface area (Å²) >= 11 is 8.02. The lowest BCUT2D eigenvalue weighted by Gasteiger charge is -2.11. The molecule has 1 aromatic carbocycles. The molecule has 0 unspecified atom stereocenters. The number of nitrogens with two attached hydrogens (primary N) is 1. The average Bonchev–Trinajstić information content (AvgIpc) is 2.87. The second kappa shape index (κ2) is 6.27. The third-order valence-corrected chi connectivity index (χ3v) is 3.82. The van der Waals surface area contributed by atoms with Crippen molar-refractivity contribution in [2.45, 2.75) is 20.0 Å². The van der Waals surface area contributed by atoms with Crippen molar-refractivity contribution in [1.82, 2.24) is 14.8 Å². The smallest absolute Gasteiger partial charge is 0.161 e. The van der Waals surface area contributed by atoms with Crippen molar-refractivity contribution in [3.63, 3.8) is 0 Å². The Hall–Kier alpha value is -1.54. The lowest BCUT2D eigenvalue weighted by atomic mass is 10.2. The lowest BCUT2D eigenvalue weighted by Crippen LogP contribution is -2.13. The molecule has 1 aromatic heterocycles. The van der Waals surface area contributed by atoms with Gasteiger partial charge in [-0.3, -0.25) is 0 Å². The van der Waals surface area contributed by atoms with Gasteiger partial charge < -0.3 is 15.6 Å². The Morgan fingerprint density at radius 3 is 2.95 bits per heavy atom. The molecule has 0 aliphatic heterocycles. The van der Waals surface area contributed by atoms with Gasteiger partial charge in [0.1, 0.15) is 11.3 Å².